The highest BCUT2D eigenvalue weighted by atomic mass is 16.6. The number of nitro benzene ring substituents is 1. The van der Waals surface area contributed by atoms with Crippen LogP contribution in [0.25, 0.3) is 0 Å². The minimum atomic E-state index is -0.346. The third kappa shape index (κ3) is 4.63. The highest BCUT2D eigenvalue weighted by molar-refractivity contribution is 5.33. The van der Waals surface area contributed by atoms with Gasteiger partial charge in [0.2, 0.25) is 0 Å². The van der Waals surface area contributed by atoms with E-state index in [1.54, 1.807) is 12.1 Å². The van der Waals surface area contributed by atoms with Crippen LogP contribution >= 0.6 is 0 Å². The van der Waals surface area contributed by atoms with Gasteiger partial charge in [-0.15, -0.1) is 0 Å². The molecule has 0 aromatic heterocycles. The lowest BCUT2D eigenvalue weighted by Gasteiger charge is -2.18. The van der Waals surface area contributed by atoms with Crippen molar-refractivity contribution in [2.24, 2.45) is 5.92 Å². The number of nitro groups is 1. The van der Waals surface area contributed by atoms with Gasteiger partial charge in [-0.2, -0.15) is 0 Å². The highest BCUT2D eigenvalue weighted by Gasteiger charge is 2.25. The number of rotatable bonds is 8. The Morgan fingerprint density at radius 3 is 2.58 bits per heavy atom. The summed E-state index contributed by atoms with van der Waals surface area (Å²) in [4.78, 5) is 10.3. The van der Waals surface area contributed by atoms with Crippen LogP contribution in [0.1, 0.15) is 38.2 Å². The number of nitrogens with zero attached hydrogens (tertiary/aromatic N) is 1. The molecule has 0 heterocycles. The van der Waals surface area contributed by atoms with Crippen molar-refractivity contribution in [2.75, 3.05) is 6.54 Å². The minimum Gasteiger partial charge on any atom is -0.314 e. The number of hydrogen-bond acceptors (Lipinski definition) is 3. The molecule has 19 heavy (non-hydrogen) atoms. The summed E-state index contributed by atoms with van der Waals surface area (Å²) in [5.74, 6) is 0.896. The Hall–Kier alpha value is -1.42. The van der Waals surface area contributed by atoms with E-state index in [2.05, 4.69) is 12.2 Å². The van der Waals surface area contributed by atoms with Crippen LogP contribution in [-0.4, -0.2) is 17.5 Å². The molecule has 0 bridgehead atoms. The van der Waals surface area contributed by atoms with Crippen molar-refractivity contribution in [2.45, 2.75) is 45.1 Å². The van der Waals surface area contributed by atoms with E-state index in [1.807, 2.05) is 12.1 Å². The molecule has 4 nitrogen and oxygen atoms in total. The van der Waals surface area contributed by atoms with Crippen molar-refractivity contribution >= 4 is 5.69 Å². The molecule has 0 radical (unpaired) electrons. The summed E-state index contributed by atoms with van der Waals surface area (Å²) in [5.41, 5.74) is 1.35. The van der Waals surface area contributed by atoms with Gasteiger partial charge in [0.05, 0.1) is 4.92 Å². The van der Waals surface area contributed by atoms with Crippen molar-refractivity contribution in [1.29, 1.82) is 0 Å². The zero-order valence-corrected chi connectivity index (χ0v) is 11.5. The van der Waals surface area contributed by atoms with Gasteiger partial charge in [-0.25, -0.2) is 0 Å². The fourth-order valence-corrected chi connectivity index (χ4v) is 2.38. The fourth-order valence-electron chi connectivity index (χ4n) is 2.38. The molecule has 1 N–H and O–H groups in total. The molecule has 0 spiro atoms. The van der Waals surface area contributed by atoms with E-state index < -0.39 is 0 Å². The Balaban J connectivity index is 1.92. The molecule has 1 aliphatic carbocycles. The van der Waals surface area contributed by atoms with Gasteiger partial charge in [0.1, 0.15) is 0 Å². The second-order valence-corrected chi connectivity index (χ2v) is 5.46. The van der Waals surface area contributed by atoms with Gasteiger partial charge in [0.25, 0.3) is 5.69 Å². The average molecular weight is 262 g/mol. The van der Waals surface area contributed by atoms with Gasteiger partial charge in [-0.3, -0.25) is 10.1 Å². The van der Waals surface area contributed by atoms with Gasteiger partial charge in [-0.05, 0) is 37.3 Å². The normalized spacial score (nSPS) is 16.3. The van der Waals surface area contributed by atoms with E-state index in [0.29, 0.717) is 6.04 Å². The summed E-state index contributed by atoms with van der Waals surface area (Å²) < 4.78 is 0. The third-order valence-electron chi connectivity index (χ3n) is 3.63. The van der Waals surface area contributed by atoms with Gasteiger partial charge in [-0.1, -0.05) is 31.9 Å². The molecule has 1 fully saturated rings. The van der Waals surface area contributed by atoms with Crippen LogP contribution in [-0.2, 0) is 6.42 Å². The first-order valence-corrected chi connectivity index (χ1v) is 7.15. The zero-order valence-electron chi connectivity index (χ0n) is 11.5. The maximum Gasteiger partial charge on any atom is 0.269 e. The molecule has 1 saturated carbocycles. The first-order valence-electron chi connectivity index (χ1n) is 7.15. The lowest BCUT2D eigenvalue weighted by molar-refractivity contribution is -0.384. The Labute approximate surface area is 114 Å². The average Bonchev–Trinajstić information content (AvgIpc) is 3.20. The van der Waals surface area contributed by atoms with Crippen molar-refractivity contribution < 1.29 is 4.92 Å². The van der Waals surface area contributed by atoms with Crippen LogP contribution in [0.15, 0.2) is 24.3 Å². The quantitative estimate of drug-likeness (QED) is 0.577. The van der Waals surface area contributed by atoms with Crippen molar-refractivity contribution in [3.63, 3.8) is 0 Å². The molecule has 1 aliphatic rings. The predicted molar refractivity (Wildman–Crippen MR) is 76.2 cm³/mol. The summed E-state index contributed by atoms with van der Waals surface area (Å²) in [5, 5.41) is 14.2. The Kier molecular flexibility index (Phi) is 4.91. The zero-order chi connectivity index (χ0) is 13.7. The Bertz CT molecular complexity index is 413. The maximum atomic E-state index is 10.6. The molecular formula is C15H22N2O2. The predicted octanol–water partition coefficient (Wildman–Crippen LogP) is 3.31. The van der Waals surface area contributed by atoms with Crippen LogP contribution in [0.4, 0.5) is 5.69 Å². The van der Waals surface area contributed by atoms with Crippen LogP contribution in [0.5, 0.6) is 0 Å². The SMILES string of the molecule is CCCNC(Cc1ccc([N+](=O)[O-])cc1)CC1CC1. The maximum absolute atomic E-state index is 10.6. The van der Waals surface area contributed by atoms with Crippen LogP contribution < -0.4 is 5.32 Å². The number of hydrogen-bond donors (Lipinski definition) is 1. The van der Waals surface area contributed by atoms with E-state index in [-0.39, 0.29) is 10.6 Å². The molecule has 2 rings (SSSR count). The smallest absolute Gasteiger partial charge is 0.269 e. The monoisotopic (exact) mass is 262 g/mol. The lowest BCUT2D eigenvalue weighted by Crippen LogP contribution is -2.32. The minimum absolute atomic E-state index is 0.170. The first-order chi connectivity index (χ1) is 9.19. The van der Waals surface area contributed by atoms with E-state index in [9.17, 15) is 10.1 Å². The molecule has 1 aromatic rings. The standard InChI is InChI=1S/C15H22N2O2/c1-2-9-16-14(10-12-3-4-12)11-13-5-7-15(8-6-13)17(18)19/h5-8,12,14,16H,2-4,9-11H2,1H3. The summed E-state index contributed by atoms with van der Waals surface area (Å²) in [6, 6.07) is 7.47. The van der Waals surface area contributed by atoms with E-state index in [0.717, 1.165) is 25.3 Å². The number of non-ortho nitro benzene ring substituents is 1. The molecule has 1 aromatic carbocycles. The second-order valence-electron chi connectivity index (χ2n) is 5.46. The second kappa shape index (κ2) is 6.66. The third-order valence-corrected chi connectivity index (χ3v) is 3.63. The molecule has 0 saturated heterocycles. The number of nitrogens with one attached hydrogen (secondary N) is 1. The lowest BCUT2D eigenvalue weighted by atomic mass is 10.0. The molecule has 0 aliphatic heterocycles. The van der Waals surface area contributed by atoms with Gasteiger partial charge >= 0.3 is 0 Å². The Morgan fingerprint density at radius 2 is 2.05 bits per heavy atom. The molecule has 0 amide bonds. The molecule has 1 atom stereocenters. The summed E-state index contributed by atoms with van der Waals surface area (Å²) in [7, 11) is 0. The van der Waals surface area contributed by atoms with E-state index in [1.165, 1.54) is 24.8 Å². The van der Waals surface area contributed by atoms with Crippen LogP contribution in [0.3, 0.4) is 0 Å². The molecule has 4 heteroatoms. The first kappa shape index (κ1) is 14.0. The van der Waals surface area contributed by atoms with Gasteiger partial charge in [0, 0.05) is 18.2 Å². The van der Waals surface area contributed by atoms with E-state index >= 15 is 0 Å². The van der Waals surface area contributed by atoms with E-state index in [4.69, 9.17) is 0 Å². The molecule has 1 unspecified atom stereocenters. The highest BCUT2D eigenvalue weighted by Crippen LogP contribution is 2.34. The Morgan fingerprint density at radius 1 is 1.37 bits per heavy atom. The van der Waals surface area contributed by atoms with Crippen LogP contribution in [0, 0.1) is 16.0 Å². The van der Waals surface area contributed by atoms with Gasteiger partial charge < -0.3 is 5.32 Å². The number of benzene rings is 1. The van der Waals surface area contributed by atoms with Crippen LogP contribution in [0.2, 0.25) is 0 Å². The van der Waals surface area contributed by atoms with Crippen molar-refractivity contribution in [3.05, 3.63) is 39.9 Å². The summed E-state index contributed by atoms with van der Waals surface area (Å²) in [6.07, 6.45) is 6.07. The van der Waals surface area contributed by atoms with Crippen molar-refractivity contribution in [3.8, 4) is 0 Å². The topological polar surface area (TPSA) is 55.2 Å². The summed E-state index contributed by atoms with van der Waals surface area (Å²) >= 11 is 0. The van der Waals surface area contributed by atoms with Crippen molar-refractivity contribution in [1.82, 2.24) is 5.32 Å². The molecular weight excluding hydrogens is 240 g/mol. The largest absolute Gasteiger partial charge is 0.314 e. The molecule has 104 valence electrons. The summed E-state index contributed by atoms with van der Waals surface area (Å²) in [6.45, 7) is 3.22. The fraction of sp³-hybridized carbons (Fsp3) is 0.600. The van der Waals surface area contributed by atoms with Gasteiger partial charge in [0.15, 0.2) is 0 Å².